The molecule has 0 radical (unpaired) electrons. The lowest BCUT2D eigenvalue weighted by Gasteiger charge is -2.41. The Kier molecular flexibility index (Phi) is 5.17. The summed E-state index contributed by atoms with van der Waals surface area (Å²) < 4.78 is 5.57. The van der Waals surface area contributed by atoms with E-state index in [2.05, 4.69) is 30.9 Å². The molecule has 1 fully saturated rings. The van der Waals surface area contributed by atoms with Crippen molar-refractivity contribution < 1.29 is 9.53 Å². The fraction of sp³-hybridized carbons (Fsp3) is 0.389. The first kappa shape index (κ1) is 16.7. The number of carbonyl (C=O) groups excluding carboxylic acids is 1. The van der Waals surface area contributed by atoms with E-state index >= 15 is 0 Å². The van der Waals surface area contributed by atoms with Gasteiger partial charge in [-0.3, -0.25) is 4.90 Å². The van der Waals surface area contributed by atoms with Crippen molar-refractivity contribution in [2.45, 2.75) is 32.0 Å². The third-order valence-electron chi connectivity index (χ3n) is 4.23. The third kappa shape index (κ3) is 3.50. The van der Waals surface area contributed by atoms with Crippen molar-refractivity contribution in [2.24, 2.45) is 0 Å². The van der Waals surface area contributed by atoms with Crippen LogP contribution in [0.2, 0.25) is 5.02 Å². The number of aldehydes is 1. The molecule has 0 bridgehead atoms. The number of rotatable bonds is 4. The summed E-state index contributed by atoms with van der Waals surface area (Å²) in [5.74, 6) is 0. The van der Waals surface area contributed by atoms with Gasteiger partial charge in [0.1, 0.15) is 12.3 Å². The van der Waals surface area contributed by atoms with Gasteiger partial charge in [0, 0.05) is 26.9 Å². The fourth-order valence-corrected chi connectivity index (χ4v) is 4.33. The van der Waals surface area contributed by atoms with Crippen molar-refractivity contribution in [3.05, 3.63) is 46.3 Å². The summed E-state index contributed by atoms with van der Waals surface area (Å²) in [6, 6.07) is 12.2. The minimum absolute atomic E-state index is 0.213. The Balaban J connectivity index is 1.87. The summed E-state index contributed by atoms with van der Waals surface area (Å²) in [7, 11) is 0. The molecule has 3 nitrogen and oxygen atoms in total. The van der Waals surface area contributed by atoms with Crippen molar-refractivity contribution in [2.75, 3.05) is 13.2 Å². The highest BCUT2D eigenvalue weighted by atomic mass is 35.5. The largest absolute Gasteiger partial charge is 0.378 e. The van der Waals surface area contributed by atoms with Crippen LogP contribution in [0.5, 0.6) is 0 Å². The van der Waals surface area contributed by atoms with Gasteiger partial charge in [0.15, 0.2) is 0 Å². The number of thiophene rings is 1. The zero-order valence-corrected chi connectivity index (χ0v) is 14.8. The monoisotopic (exact) mass is 349 g/mol. The average molecular weight is 350 g/mol. The molecule has 3 rings (SSSR count). The first-order valence-electron chi connectivity index (χ1n) is 7.76. The van der Waals surface area contributed by atoms with Crippen LogP contribution in [0.1, 0.15) is 24.8 Å². The Morgan fingerprint density at radius 2 is 1.83 bits per heavy atom. The molecule has 0 aliphatic carbocycles. The lowest BCUT2D eigenvalue weighted by molar-refractivity contribution is -0.119. The van der Waals surface area contributed by atoms with Gasteiger partial charge in [-0.1, -0.05) is 23.7 Å². The first-order chi connectivity index (χ1) is 11.1. The first-order valence-corrected chi connectivity index (χ1v) is 8.95. The molecule has 3 atom stereocenters. The predicted octanol–water partition coefficient (Wildman–Crippen LogP) is 4.42. The second kappa shape index (κ2) is 7.14. The Hall–Kier alpha value is -1.20. The number of morpholine rings is 1. The number of hydrogen-bond donors (Lipinski definition) is 0. The number of hydrogen-bond acceptors (Lipinski definition) is 4. The maximum atomic E-state index is 11.8. The molecule has 0 N–H and O–H groups in total. The average Bonchev–Trinajstić information content (AvgIpc) is 3.01. The summed E-state index contributed by atoms with van der Waals surface area (Å²) in [5, 5.41) is 0.729. The highest BCUT2D eigenvalue weighted by Gasteiger charge is 2.33. The molecule has 5 heteroatoms. The maximum Gasteiger partial charge on any atom is 0.142 e. The van der Waals surface area contributed by atoms with Crippen LogP contribution in [0.25, 0.3) is 10.4 Å². The molecule has 1 aromatic carbocycles. The van der Waals surface area contributed by atoms with Crippen molar-refractivity contribution in [3.8, 4) is 10.4 Å². The lowest BCUT2D eigenvalue weighted by atomic mass is 10.1. The summed E-state index contributed by atoms with van der Waals surface area (Å²) in [5.41, 5.74) is 1.12. The van der Waals surface area contributed by atoms with Crippen molar-refractivity contribution >= 4 is 29.2 Å². The Morgan fingerprint density at radius 1 is 1.17 bits per heavy atom. The van der Waals surface area contributed by atoms with E-state index in [0.717, 1.165) is 26.6 Å². The molecular weight excluding hydrogens is 330 g/mol. The van der Waals surface area contributed by atoms with E-state index in [1.165, 1.54) is 0 Å². The van der Waals surface area contributed by atoms with E-state index < -0.39 is 0 Å². The minimum Gasteiger partial charge on any atom is -0.378 e. The molecule has 1 aliphatic heterocycles. The van der Waals surface area contributed by atoms with Gasteiger partial charge >= 0.3 is 0 Å². The van der Waals surface area contributed by atoms with E-state index in [0.29, 0.717) is 13.2 Å². The number of nitrogens with zero attached hydrogens (tertiary/aromatic N) is 1. The quantitative estimate of drug-likeness (QED) is 0.765. The van der Waals surface area contributed by atoms with Gasteiger partial charge in [-0.25, -0.2) is 0 Å². The van der Waals surface area contributed by atoms with Crippen LogP contribution in [0, 0.1) is 0 Å². The summed E-state index contributed by atoms with van der Waals surface area (Å²) >= 11 is 7.61. The molecule has 23 heavy (non-hydrogen) atoms. The van der Waals surface area contributed by atoms with Crippen LogP contribution in [0.3, 0.4) is 0 Å². The standard InChI is InChI=1S/C18H20ClNO2S/c1-12-10-22-11-13(2)20(12)16(9-21)18-8-7-17(23-18)14-3-5-15(19)6-4-14/h3-9,12-13,16H,10-11H2,1-2H3. The van der Waals surface area contributed by atoms with Crippen LogP contribution in [0.15, 0.2) is 36.4 Å². The van der Waals surface area contributed by atoms with E-state index in [1.54, 1.807) is 11.3 Å². The number of carbonyl (C=O) groups is 1. The molecule has 0 saturated carbocycles. The van der Waals surface area contributed by atoms with Crippen molar-refractivity contribution in [1.82, 2.24) is 4.90 Å². The van der Waals surface area contributed by atoms with E-state index in [1.807, 2.05) is 24.3 Å². The molecule has 0 amide bonds. The van der Waals surface area contributed by atoms with Crippen LogP contribution in [-0.4, -0.2) is 36.5 Å². The van der Waals surface area contributed by atoms with Gasteiger partial charge in [0.05, 0.1) is 13.2 Å². The minimum atomic E-state index is -0.213. The molecule has 2 heterocycles. The zero-order chi connectivity index (χ0) is 16.4. The smallest absolute Gasteiger partial charge is 0.142 e. The van der Waals surface area contributed by atoms with Gasteiger partial charge in [-0.05, 0) is 43.7 Å². The predicted molar refractivity (Wildman–Crippen MR) is 95.2 cm³/mol. The highest BCUT2D eigenvalue weighted by Crippen LogP contribution is 2.35. The van der Waals surface area contributed by atoms with E-state index in [4.69, 9.17) is 16.3 Å². The number of benzene rings is 1. The molecule has 1 aromatic heterocycles. The molecule has 1 aliphatic rings. The van der Waals surface area contributed by atoms with Crippen molar-refractivity contribution in [3.63, 3.8) is 0 Å². The second-order valence-electron chi connectivity index (χ2n) is 5.97. The maximum absolute atomic E-state index is 11.8. The highest BCUT2D eigenvalue weighted by molar-refractivity contribution is 7.15. The van der Waals surface area contributed by atoms with Crippen LogP contribution >= 0.6 is 22.9 Å². The Bertz CT molecular complexity index is 660. The Morgan fingerprint density at radius 3 is 2.43 bits per heavy atom. The summed E-state index contributed by atoms with van der Waals surface area (Å²) in [6.07, 6.45) is 1.05. The third-order valence-corrected chi connectivity index (χ3v) is 5.69. The van der Waals surface area contributed by atoms with Crippen LogP contribution in [0.4, 0.5) is 0 Å². The zero-order valence-electron chi connectivity index (χ0n) is 13.2. The van der Waals surface area contributed by atoms with Crippen molar-refractivity contribution in [1.29, 1.82) is 0 Å². The van der Waals surface area contributed by atoms with Crippen LogP contribution in [-0.2, 0) is 9.53 Å². The summed E-state index contributed by atoms with van der Waals surface area (Å²) in [4.78, 5) is 16.3. The van der Waals surface area contributed by atoms with E-state index in [9.17, 15) is 4.79 Å². The molecular formula is C18H20ClNO2S. The number of ether oxygens (including phenoxy) is 1. The second-order valence-corrected chi connectivity index (χ2v) is 7.52. The SMILES string of the molecule is CC1COCC(C)N1C(C=O)c1ccc(-c2ccc(Cl)cc2)s1. The molecule has 0 spiro atoms. The number of halogens is 1. The molecule has 122 valence electrons. The topological polar surface area (TPSA) is 29.5 Å². The van der Waals surface area contributed by atoms with Gasteiger partial charge in [0.2, 0.25) is 0 Å². The molecule has 1 saturated heterocycles. The fourth-order valence-electron chi connectivity index (χ4n) is 3.13. The van der Waals surface area contributed by atoms with Gasteiger partial charge < -0.3 is 9.53 Å². The Labute approximate surface area is 145 Å². The van der Waals surface area contributed by atoms with Gasteiger partial charge in [-0.2, -0.15) is 0 Å². The molecule has 3 unspecified atom stereocenters. The van der Waals surface area contributed by atoms with Gasteiger partial charge in [-0.15, -0.1) is 11.3 Å². The van der Waals surface area contributed by atoms with Crippen LogP contribution < -0.4 is 0 Å². The summed E-state index contributed by atoms with van der Waals surface area (Å²) in [6.45, 7) is 5.56. The normalized spacial score (nSPS) is 23.6. The lowest BCUT2D eigenvalue weighted by Crippen LogP contribution is -2.51. The van der Waals surface area contributed by atoms with E-state index in [-0.39, 0.29) is 18.1 Å². The molecule has 2 aromatic rings. The van der Waals surface area contributed by atoms with Gasteiger partial charge in [0.25, 0.3) is 0 Å².